The molecule has 0 unspecified atom stereocenters. The zero-order valence-corrected chi connectivity index (χ0v) is 14.3. The molecule has 2 aromatic rings. The first-order valence-corrected chi connectivity index (χ1v) is 8.42. The van der Waals surface area contributed by atoms with Crippen LogP contribution in [0.15, 0.2) is 42.9 Å². The van der Waals surface area contributed by atoms with Crippen LogP contribution in [0.25, 0.3) is 0 Å². The van der Waals surface area contributed by atoms with Crippen LogP contribution in [0.1, 0.15) is 30.7 Å². The van der Waals surface area contributed by atoms with Crippen LogP contribution in [0.2, 0.25) is 5.02 Å². The van der Waals surface area contributed by atoms with Crippen LogP contribution in [0.5, 0.6) is 0 Å². The largest absolute Gasteiger partial charge is 0.370 e. The molecular formula is C18H20ClN3O2. The molecule has 0 N–H and O–H groups in total. The van der Waals surface area contributed by atoms with Gasteiger partial charge < -0.3 is 9.64 Å². The first-order valence-electron chi connectivity index (χ1n) is 8.05. The second-order valence-corrected chi connectivity index (χ2v) is 6.41. The summed E-state index contributed by atoms with van der Waals surface area (Å²) in [5, 5.41) is 0.676. The molecular weight excluding hydrogens is 326 g/mol. The molecule has 24 heavy (non-hydrogen) atoms. The Hall–Kier alpha value is -1.98. The third kappa shape index (κ3) is 4.10. The van der Waals surface area contributed by atoms with Crippen molar-refractivity contribution in [1.29, 1.82) is 0 Å². The maximum atomic E-state index is 12.6. The monoisotopic (exact) mass is 345 g/mol. The Bertz CT molecular complexity index is 696. The van der Waals surface area contributed by atoms with Crippen molar-refractivity contribution in [2.24, 2.45) is 0 Å². The summed E-state index contributed by atoms with van der Waals surface area (Å²) >= 11 is 6.06. The van der Waals surface area contributed by atoms with Crippen LogP contribution in [-0.4, -0.2) is 40.0 Å². The highest BCUT2D eigenvalue weighted by Crippen LogP contribution is 2.27. The number of hydrogen-bond donors (Lipinski definition) is 0. The van der Waals surface area contributed by atoms with E-state index in [-0.39, 0.29) is 18.1 Å². The van der Waals surface area contributed by atoms with E-state index in [1.54, 1.807) is 18.6 Å². The van der Waals surface area contributed by atoms with Gasteiger partial charge in [0.15, 0.2) is 0 Å². The second kappa shape index (κ2) is 7.73. The molecule has 0 saturated carbocycles. The summed E-state index contributed by atoms with van der Waals surface area (Å²) in [6, 6.07) is 7.67. The predicted octanol–water partition coefficient (Wildman–Crippen LogP) is 3.05. The number of carbonyl (C=O) groups excluding carboxylic acids is 1. The van der Waals surface area contributed by atoms with Gasteiger partial charge in [-0.05, 0) is 31.0 Å². The minimum atomic E-state index is -0.139. The van der Waals surface area contributed by atoms with E-state index in [0.29, 0.717) is 31.0 Å². The molecule has 3 rings (SSSR count). The SMILES string of the molecule is C[C@@H]1CO[C@H](c2cccc(Cl)c2)CN1C(=O)CCc1cnccn1. The van der Waals surface area contributed by atoms with Gasteiger partial charge in [-0.25, -0.2) is 0 Å². The summed E-state index contributed by atoms with van der Waals surface area (Å²) in [4.78, 5) is 22.8. The maximum Gasteiger partial charge on any atom is 0.223 e. The zero-order valence-electron chi connectivity index (χ0n) is 13.6. The number of hydrogen-bond acceptors (Lipinski definition) is 4. The van der Waals surface area contributed by atoms with Crippen molar-refractivity contribution in [3.05, 3.63) is 59.1 Å². The maximum absolute atomic E-state index is 12.6. The Morgan fingerprint density at radius 2 is 2.29 bits per heavy atom. The molecule has 126 valence electrons. The zero-order chi connectivity index (χ0) is 16.9. The van der Waals surface area contributed by atoms with E-state index < -0.39 is 0 Å². The van der Waals surface area contributed by atoms with E-state index in [0.717, 1.165) is 11.3 Å². The first kappa shape index (κ1) is 16.9. The first-order chi connectivity index (χ1) is 11.6. The number of ether oxygens (including phenoxy) is 1. The topological polar surface area (TPSA) is 55.3 Å². The number of rotatable bonds is 4. The fourth-order valence-electron chi connectivity index (χ4n) is 2.85. The molecule has 1 fully saturated rings. The number of carbonyl (C=O) groups is 1. The minimum absolute atomic E-state index is 0.0646. The summed E-state index contributed by atoms with van der Waals surface area (Å²) in [5.41, 5.74) is 1.83. The summed E-state index contributed by atoms with van der Waals surface area (Å²) in [7, 11) is 0. The van der Waals surface area contributed by atoms with Crippen molar-refractivity contribution in [1.82, 2.24) is 14.9 Å². The average molecular weight is 346 g/mol. The normalized spacial score (nSPS) is 20.8. The summed E-state index contributed by atoms with van der Waals surface area (Å²) in [5.74, 6) is 0.114. The van der Waals surface area contributed by atoms with Gasteiger partial charge in [-0.15, -0.1) is 0 Å². The molecule has 5 nitrogen and oxygen atoms in total. The van der Waals surface area contributed by atoms with Crippen LogP contribution in [0.4, 0.5) is 0 Å². The fourth-order valence-corrected chi connectivity index (χ4v) is 3.05. The molecule has 0 bridgehead atoms. The molecule has 6 heteroatoms. The average Bonchev–Trinajstić information content (AvgIpc) is 2.61. The van der Waals surface area contributed by atoms with Gasteiger partial charge in [0.2, 0.25) is 5.91 Å². The van der Waals surface area contributed by atoms with Gasteiger partial charge in [0.05, 0.1) is 24.9 Å². The molecule has 0 aliphatic carbocycles. The van der Waals surface area contributed by atoms with E-state index in [9.17, 15) is 4.79 Å². The van der Waals surface area contributed by atoms with E-state index >= 15 is 0 Å². The van der Waals surface area contributed by atoms with Crippen molar-refractivity contribution in [2.75, 3.05) is 13.2 Å². The standard InChI is InChI=1S/C18H20ClN3O2/c1-13-12-24-17(14-3-2-4-15(19)9-14)11-22(13)18(23)6-5-16-10-20-7-8-21-16/h2-4,7-10,13,17H,5-6,11-12H2,1H3/t13-,17+/m1/s1. The molecule has 1 aromatic heterocycles. The van der Waals surface area contributed by atoms with Crippen molar-refractivity contribution in [2.45, 2.75) is 31.9 Å². The van der Waals surface area contributed by atoms with Gasteiger partial charge in [-0.3, -0.25) is 14.8 Å². The van der Waals surface area contributed by atoms with Crippen LogP contribution < -0.4 is 0 Å². The Kier molecular flexibility index (Phi) is 5.43. The number of morpholine rings is 1. The molecule has 1 aliphatic rings. The molecule has 2 atom stereocenters. The smallest absolute Gasteiger partial charge is 0.223 e. The Morgan fingerprint density at radius 3 is 3.04 bits per heavy atom. The lowest BCUT2D eigenvalue weighted by atomic mass is 10.1. The van der Waals surface area contributed by atoms with Crippen molar-refractivity contribution >= 4 is 17.5 Å². The van der Waals surface area contributed by atoms with Gasteiger partial charge in [0.25, 0.3) is 0 Å². The highest BCUT2D eigenvalue weighted by molar-refractivity contribution is 6.30. The quantitative estimate of drug-likeness (QED) is 0.854. The lowest BCUT2D eigenvalue weighted by Gasteiger charge is -2.38. The van der Waals surface area contributed by atoms with Gasteiger partial charge in [0, 0.05) is 30.0 Å². The number of aromatic nitrogens is 2. The number of aryl methyl sites for hydroxylation is 1. The Morgan fingerprint density at radius 1 is 1.42 bits per heavy atom. The third-order valence-electron chi connectivity index (χ3n) is 4.19. The van der Waals surface area contributed by atoms with Gasteiger partial charge in [0.1, 0.15) is 6.10 Å². The van der Waals surface area contributed by atoms with Gasteiger partial charge in [-0.1, -0.05) is 23.7 Å². The second-order valence-electron chi connectivity index (χ2n) is 5.97. The Balaban J connectivity index is 1.64. The van der Waals surface area contributed by atoms with Crippen LogP contribution in [0, 0.1) is 0 Å². The molecule has 1 amide bonds. The lowest BCUT2D eigenvalue weighted by molar-refractivity contribution is -0.144. The highest BCUT2D eigenvalue weighted by atomic mass is 35.5. The lowest BCUT2D eigenvalue weighted by Crippen LogP contribution is -2.48. The van der Waals surface area contributed by atoms with E-state index in [1.165, 1.54) is 0 Å². The number of benzene rings is 1. The fraction of sp³-hybridized carbons (Fsp3) is 0.389. The van der Waals surface area contributed by atoms with Gasteiger partial charge >= 0.3 is 0 Å². The van der Waals surface area contributed by atoms with Crippen LogP contribution in [-0.2, 0) is 16.0 Å². The summed E-state index contributed by atoms with van der Waals surface area (Å²) in [6.45, 7) is 3.07. The van der Waals surface area contributed by atoms with Crippen molar-refractivity contribution in [3.63, 3.8) is 0 Å². The minimum Gasteiger partial charge on any atom is -0.370 e. The van der Waals surface area contributed by atoms with E-state index in [2.05, 4.69) is 9.97 Å². The van der Waals surface area contributed by atoms with Crippen LogP contribution >= 0.6 is 11.6 Å². The van der Waals surface area contributed by atoms with Crippen molar-refractivity contribution < 1.29 is 9.53 Å². The van der Waals surface area contributed by atoms with E-state index in [1.807, 2.05) is 36.1 Å². The number of halogens is 1. The number of nitrogens with zero attached hydrogens (tertiary/aromatic N) is 3. The highest BCUT2D eigenvalue weighted by Gasteiger charge is 2.30. The molecule has 1 aliphatic heterocycles. The molecule has 1 aromatic carbocycles. The van der Waals surface area contributed by atoms with E-state index in [4.69, 9.17) is 16.3 Å². The van der Waals surface area contributed by atoms with Crippen molar-refractivity contribution in [3.8, 4) is 0 Å². The third-order valence-corrected chi connectivity index (χ3v) is 4.42. The molecule has 2 heterocycles. The predicted molar refractivity (Wildman–Crippen MR) is 91.7 cm³/mol. The summed E-state index contributed by atoms with van der Waals surface area (Å²) < 4.78 is 5.90. The summed E-state index contributed by atoms with van der Waals surface area (Å²) in [6.07, 6.45) is 5.85. The number of amides is 1. The van der Waals surface area contributed by atoms with Crippen LogP contribution in [0.3, 0.4) is 0 Å². The molecule has 1 saturated heterocycles. The molecule has 0 radical (unpaired) electrons. The molecule has 0 spiro atoms. The van der Waals surface area contributed by atoms with Gasteiger partial charge in [-0.2, -0.15) is 0 Å². The Labute approximate surface area is 146 Å².